The van der Waals surface area contributed by atoms with Gasteiger partial charge in [0.05, 0.1) is 32.5 Å². The highest BCUT2D eigenvalue weighted by Crippen LogP contribution is 2.32. The fraction of sp³-hybridized carbons (Fsp3) is 0.346. The molecule has 1 heterocycles. The molecule has 0 amide bonds. The maximum absolute atomic E-state index is 13.1. The molecule has 1 aliphatic heterocycles. The lowest BCUT2D eigenvalue weighted by Gasteiger charge is -2.26. The first-order valence-electron chi connectivity index (χ1n) is 11.0. The quantitative estimate of drug-likeness (QED) is 0.353. The van der Waals surface area contributed by atoms with Crippen LogP contribution in [0, 0.1) is 0 Å². The third-order valence-electron chi connectivity index (χ3n) is 5.30. The SMILES string of the molecule is COc1cc(/C=C/C(=O)/C=C/c2ccccc2C(F)(F)F)ccc1OCCCN1CCOCC1. The number of nitrogens with zero attached hydrogens (tertiary/aromatic N) is 1. The number of morpholine rings is 1. The number of benzene rings is 2. The van der Waals surface area contributed by atoms with Crippen molar-refractivity contribution in [1.29, 1.82) is 0 Å². The predicted molar refractivity (Wildman–Crippen MR) is 125 cm³/mol. The van der Waals surface area contributed by atoms with E-state index >= 15 is 0 Å². The van der Waals surface area contributed by atoms with E-state index in [1.54, 1.807) is 24.3 Å². The molecule has 5 nitrogen and oxygen atoms in total. The number of hydrogen-bond acceptors (Lipinski definition) is 5. The summed E-state index contributed by atoms with van der Waals surface area (Å²) in [5.74, 6) is 0.714. The molecule has 0 bridgehead atoms. The molecule has 1 fully saturated rings. The molecule has 8 heteroatoms. The second-order valence-corrected chi connectivity index (χ2v) is 7.72. The van der Waals surface area contributed by atoms with E-state index in [9.17, 15) is 18.0 Å². The van der Waals surface area contributed by atoms with Crippen LogP contribution in [0.2, 0.25) is 0 Å². The summed E-state index contributed by atoms with van der Waals surface area (Å²) in [6.07, 6.45) is 1.55. The van der Waals surface area contributed by atoms with Crippen molar-refractivity contribution in [2.24, 2.45) is 0 Å². The smallest absolute Gasteiger partial charge is 0.416 e. The topological polar surface area (TPSA) is 48.0 Å². The van der Waals surface area contributed by atoms with Crippen molar-refractivity contribution in [3.05, 3.63) is 71.3 Å². The molecule has 3 rings (SSSR count). The molecule has 2 aromatic rings. The van der Waals surface area contributed by atoms with Crippen LogP contribution in [0.1, 0.15) is 23.1 Å². The van der Waals surface area contributed by atoms with Gasteiger partial charge in [0.2, 0.25) is 0 Å². The number of rotatable bonds is 10. The highest BCUT2D eigenvalue weighted by atomic mass is 19.4. The van der Waals surface area contributed by atoms with Crippen LogP contribution in [0.5, 0.6) is 11.5 Å². The fourth-order valence-corrected chi connectivity index (χ4v) is 3.51. The zero-order valence-electron chi connectivity index (χ0n) is 19.0. The van der Waals surface area contributed by atoms with E-state index in [4.69, 9.17) is 14.2 Å². The van der Waals surface area contributed by atoms with E-state index in [0.717, 1.165) is 51.4 Å². The molecule has 34 heavy (non-hydrogen) atoms. The van der Waals surface area contributed by atoms with Crippen molar-refractivity contribution in [3.8, 4) is 11.5 Å². The predicted octanol–water partition coefficient (Wildman–Crippen LogP) is 5.11. The fourth-order valence-electron chi connectivity index (χ4n) is 3.51. The Hall–Kier alpha value is -3.10. The maximum Gasteiger partial charge on any atom is 0.416 e. The van der Waals surface area contributed by atoms with Gasteiger partial charge in [0.25, 0.3) is 0 Å². The third-order valence-corrected chi connectivity index (χ3v) is 5.30. The molecule has 0 unspecified atom stereocenters. The molecule has 182 valence electrons. The van der Waals surface area contributed by atoms with E-state index in [1.165, 1.54) is 37.5 Å². The van der Waals surface area contributed by atoms with Crippen molar-refractivity contribution >= 4 is 17.9 Å². The van der Waals surface area contributed by atoms with Crippen LogP contribution in [0.25, 0.3) is 12.2 Å². The molecule has 0 spiro atoms. The van der Waals surface area contributed by atoms with Gasteiger partial charge in [-0.3, -0.25) is 9.69 Å². The Morgan fingerprint density at radius 1 is 1.06 bits per heavy atom. The van der Waals surface area contributed by atoms with E-state index < -0.39 is 17.5 Å². The number of ketones is 1. The van der Waals surface area contributed by atoms with Gasteiger partial charge in [-0.2, -0.15) is 13.2 Å². The molecule has 0 aromatic heterocycles. The Bertz CT molecular complexity index is 1010. The minimum absolute atomic E-state index is 0.0615. The summed E-state index contributed by atoms with van der Waals surface area (Å²) < 4.78 is 55.8. The summed E-state index contributed by atoms with van der Waals surface area (Å²) >= 11 is 0. The van der Waals surface area contributed by atoms with Gasteiger partial charge in [0, 0.05) is 19.6 Å². The first-order chi connectivity index (χ1) is 16.4. The van der Waals surface area contributed by atoms with Crippen molar-refractivity contribution < 1.29 is 32.2 Å². The molecular formula is C26H28F3NO4. The van der Waals surface area contributed by atoms with Gasteiger partial charge >= 0.3 is 6.18 Å². The van der Waals surface area contributed by atoms with Crippen LogP contribution in [0.3, 0.4) is 0 Å². The lowest BCUT2D eigenvalue weighted by Crippen LogP contribution is -2.37. The van der Waals surface area contributed by atoms with Crippen molar-refractivity contribution in [3.63, 3.8) is 0 Å². The Labute approximate surface area is 197 Å². The van der Waals surface area contributed by atoms with Crippen LogP contribution in [-0.2, 0) is 15.7 Å². The molecule has 2 aromatic carbocycles. The number of carbonyl (C=O) groups is 1. The monoisotopic (exact) mass is 475 g/mol. The average molecular weight is 476 g/mol. The summed E-state index contributed by atoms with van der Waals surface area (Å²) in [4.78, 5) is 14.5. The Kier molecular flexibility index (Phi) is 9.30. The first kappa shape index (κ1) is 25.5. The van der Waals surface area contributed by atoms with Crippen LogP contribution in [0.15, 0.2) is 54.6 Å². The lowest BCUT2D eigenvalue weighted by atomic mass is 10.1. The first-order valence-corrected chi connectivity index (χ1v) is 11.0. The number of ether oxygens (including phenoxy) is 3. The number of methoxy groups -OCH3 is 1. The third kappa shape index (κ3) is 7.74. The largest absolute Gasteiger partial charge is 0.493 e. The zero-order valence-corrected chi connectivity index (χ0v) is 19.0. The molecule has 1 aliphatic rings. The van der Waals surface area contributed by atoms with E-state index in [1.807, 2.05) is 0 Å². The Balaban J connectivity index is 1.55. The van der Waals surface area contributed by atoms with Crippen molar-refractivity contribution in [1.82, 2.24) is 4.90 Å². The van der Waals surface area contributed by atoms with Gasteiger partial charge in [-0.15, -0.1) is 0 Å². The standard InChI is InChI=1S/C26H28F3NO4/c1-32-25-19-20(8-12-24(25)34-16-4-13-30-14-17-33-18-15-30)7-10-22(31)11-9-21-5-2-3-6-23(21)26(27,28)29/h2-3,5-12,19H,4,13-18H2,1H3/b10-7+,11-9+. The molecular weight excluding hydrogens is 447 g/mol. The molecule has 0 aliphatic carbocycles. The highest BCUT2D eigenvalue weighted by molar-refractivity contribution is 6.04. The number of alkyl halides is 3. The van der Waals surface area contributed by atoms with Gasteiger partial charge in [0.15, 0.2) is 17.3 Å². The van der Waals surface area contributed by atoms with E-state index in [2.05, 4.69) is 4.90 Å². The molecule has 0 saturated carbocycles. The summed E-state index contributed by atoms with van der Waals surface area (Å²) in [7, 11) is 1.54. The van der Waals surface area contributed by atoms with Gasteiger partial charge in [-0.1, -0.05) is 36.4 Å². The molecule has 0 atom stereocenters. The maximum atomic E-state index is 13.1. The number of hydrogen-bond donors (Lipinski definition) is 0. The van der Waals surface area contributed by atoms with Gasteiger partial charge in [-0.05, 0) is 47.9 Å². The van der Waals surface area contributed by atoms with E-state index in [-0.39, 0.29) is 5.56 Å². The van der Waals surface area contributed by atoms with Crippen LogP contribution >= 0.6 is 0 Å². The normalized spacial score (nSPS) is 15.2. The van der Waals surface area contributed by atoms with Gasteiger partial charge < -0.3 is 14.2 Å². The summed E-state index contributed by atoms with van der Waals surface area (Å²) in [5.41, 5.74) is -0.142. The van der Waals surface area contributed by atoms with Crippen molar-refractivity contribution in [2.75, 3.05) is 46.6 Å². The minimum atomic E-state index is -4.48. The van der Waals surface area contributed by atoms with Crippen LogP contribution in [-0.4, -0.2) is 57.2 Å². The van der Waals surface area contributed by atoms with Gasteiger partial charge in [-0.25, -0.2) is 0 Å². The summed E-state index contributed by atoms with van der Waals surface area (Å²) in [6.45, 7) is 4.90. The Morgan fingerprint density at radius 2 is 1.79 bits per heavy atom. The molecule has 0 radical (unpaired) electrons. The number of allylic oxidation sites excluding steroid dienone is 2. The highest BCUT2D eigenvalue weighted by Gasteiger charge is 2.32. The van der Waals surface area contributed by atoms with Gasteiger partial charge in [0.1, 0.15) is 0 Å². The zero-order chi connectivity index (χ0) is 24.4. The van der Waals surface area contributed by atoms with Crippen LogP contribution < -0.4 is 9.47 Å². The Morgan fingerprint density at radius 3 is 2.53 bits per heavy atom. The average Bonchev–Trinajstić information content (AvgIpc) is 2.84. The number of carbonyl (C=O) groups excluding carboxylic acids is 1. The van der Waals surface area contributed by atoms with E-state index in [0.29, 0.717) is 23.7 Å². The van der Waals surface area contributed by atoms with Crippen LogP contribution in [0.4, 0.5) is 13.2 Å². The second kappa shape index (κ2) is 12.4. The minimum Gasteiger partial charge on any atom is -0.493 e. The number of halogens is 3. The molecule has 0 N–H and O–H groups in total. The molecule has 1 saturated heterocycles. The second-order valence-electron chi connectivity index (χ2n) is 7.72. The lowest BCUT2D eigenvalue weighted by molar-refractivity contribution is -0.137. The van der Waals surface area contributed by atoms with Crippen molar-refractivity contribution in [2.45, 2.75) is 12.6 Å². The summed E-state index contributed by atoms with van der Waals surface area (Å²) in [6, 6.07) is 10.4. The summed E-state index contributed by atoms with van der Waals surface area (Å²) in [5, 5.41) is 0.